The number of aliphatic carboxylic acids is 1. The first kappa shape index (κ1) is 15.6. The van der Waals surface area contributed by atoms with E-state index in [0.717, 1.165) is 11.1 Å². The molecule has 0 saturated carbocycles. The highest BCUT2D eigenvalue weighted by Gasteiger charge is 2.35. The van der Waals surface area contributed by atoms with E-state index >= 15 is 0 Å². The lowest BCUT2D eigenvalue weighted by atomic mass is 10.1. The smallest absolute Gasteiger partial charge is 0.416 e. The molecule has 0 spiro atoms. The molecule has 0 unspecified atom stereocenters. The van der Waals surface area contributed by atoms with Gasteiger partial charge in [-0.15, -0.1) is 0 Å². The summed E-state index contributed by atoms with van der Waals surface area (Å²) < 4.78 is 38.4. The molecular formula is C14H10F3N3O2. The van der Waals surface area contributed by atoms with Gasteiger partial charge in [-0.1, -0.05) is 12.1 Å². The van der Waals surface area contributed by atoms with E-state index in [1.165, 1.54) is 24.3 Å². The number of rotatable bonds is 2. The van der Waals surface area contributed by atoms with E-state index in [9.17, 15) is 23.1 Å². The minimum atomic E-state index is -4.65. The number of hydrogen-bond donors (Lipinski definition) is 2. The molecule has 8 heteroatoms. The first-order valence-electron chi connectivity index (χ1n) is 6.09. The molecule has 0 bridgehead atoms. The molecule has 22 heavy (non-hydrogen) atoms. The normalized spacial score (nSPS) is 15.5. The van der Waals surface area contributed by atoms with Crippen LogP contribution in [0.1, 0.15) is 5.56 Å². The Morgan fingerprint density at radius 2 is 2.14 bits per heavy atom. The minimum Gasteiger partial charge on any atom is -0.477 e. The zero-order valence-corrected chi connectivity index (χ0v) is 11.1. The van der Waals surface area contributed by atoms with E-state index in [1.807, 2.05) is 6.07 Å². The zero-order valence-electron chi connectivity index (χ0n) is 11.1. The number of carboxylic acids is 1. The number of alkyl halides is 3. The Morgan fingerprint density at radius 3 is 2.73 bits per heavy atom. The third-order valence-corrected chi connectivity index (χ3v) is 2.88. The Balaban J connectivity index is 2.48. The monoisotopic (exact) mass is 309 g/mol. The molecule has 2 rings (SSSR count). The maximum Gasteiger partial charge on any atom is 0.416 e. The first-order valence-corrected chi connectivity index (χ1v) is 6.09. The van der Waals surface area contributed by atoms with Crippen LogP contribution in [0.3, 0.4) is 0 Å². The van der Waals surface area contributed by atoms with Crippen LogP contribution >= 0.6 is 0 Å². The molecular weight excluding hydrogens is 299 g/mol. The highest BCUT2D eigenvalue weighted by Crippen LogP contribution is 2.30. The summed E-state index contributed by atoms with van der Waals surface area (Å²) in [6.45, 7) is -0.209. The van der Waals surface area contributed by atoms with Crippen molar-refractivity contribution in [3.05, 3.63) is 53.3 Å². The van der Waals surface area contributed by atoms with Crippen molar-refractivity contribution in [3.63, 3.8) is 0 Å². The number of nitrogens with one attached hydrogen (secondary N) is 1. The van der Waals surface area contributed by atoms with Crippen LogP contribution in [-0.4, -0.2) is 23.8 Å². The van der Waals surface area contributed by atoms with Gasteiger partial charge in [0.25, 0.3) is 0 Å². The van der Waals surface area contributed by atoms with Gasteiger partial charge in [0.2, 0.25) is 0 Å². The Kier molecular flexibility index (Phi) is 4.19. The van der Waals surface area contributed by atoms with Gasteiger partial charge in [-0.3, -0.25) is 5.01 Å². The summed E-state index contributed by atoms with van der Waals surface area (Å²) in [5.41, 5.74) is 1.46. The predicted molar refractivity (Wildman–Crippen MR) is 71.5 cm³/mol. The number of carbonyl (C=O) groups is 1. The Labute approximate surface area is 123 Å². The molecule has 0 radical (unpaired) electrons. The van der Waals surface area contributed by atoms with E-state index in [-0.39, 0.29) is 17.8 Å². The number of hydrazine groups is 1. The van der Waals surface area contributed by atoms with Crippen molar-refractivity contribution in [1.82, 2.24) is 5.43 Å². The average Bonchev–Trinajstić information content (AvgIpc) is 2.69. The molecule has 0 aliphatic carbocycles. The van der Waals surface area contributed by atoms with E-state index in [2.05, 4.69) is 5.43 Å². The van der Waals surface area contributed by atoms with Gasteiger partial charge < -0.3 is 5.11 Å². The second-order valence-corrected chi connectivity index (χ2v) is 4.35. The second-order valence-electron chi connectivity index (χ2n) is 4.35. The van der Waals surface area contributed by atoms with Gasteiger partial charge in [0, 0.05) is 6.54 Å². The largest absolute Gasteiger partial charge is 0.477 e. The third kappa shape index (κ3) is 3.27. The van der Waals surface area contributed by atoms with E-state index < -0.39 is 23.4 Å². The standard InChI is InChI=1S/C14H10F3N3O2/c15-14(16,17)10-4-5-19-20(12(7-10)13(21)22)11-3-1-2-9(6-11)8-18/h1-4,6-7,19H,5H2,(H,21,22). The molecule has 2 N–H and O–H groups in total. The number of halogens is 3. The van der Waals surface area contributed by atoms with Crippen LogP contribution in [-0.2, 0) is 4.79 Å². The molecule has 0 atom stereocenters. The van der Waals surface area contributed by atoms with E-state index in [0.29, 0.717) is 6.08 Å². The maximum absolute atomic E-state index is 12.8. The van der Waals surface area contributed by atoms with Gasteiger partial charge in [-0.05, 0) is 24.3 Å². The van der Waals surface area contributed by atoms with Crippen LogP contribution in [0.4, 0.5) is 18.9 Å². The molecule has 5 nitrogen and oxygen atoms in total. The van der Waals surface area contributed by atoms with Crippen LogP contribution < -0.4 is 10.4 Å². The summed E-state index contributed by atoms with van der Waals surface area (Å²) in [4.78, 5) is 11.3. The van der Waals surface area contributed by atoms with E-state index in [4.69, 9.17) is 5.26 Å². The van der Waals surface area contributed by atoms with Crippen molar-refractivity contribution in [2.75, 3.05) is 11.6 Å². The van der Waals surface area contributed by atoms with Gasteiger partial charge >= 0.3 is 12.1 Å². The number of benzene rings is 1. The van der Waals surface area contributed by atoms with Crippen molar-refractivity contribution in [2.24, 2.45) is 0 Å². The number of nitrogens with zero attached hydrogens (tertiary/aromatic N) is 2. The number of anilines is 1. The Bertz CT molecular complexity index is 702. The summed E-state index contributed by atoms with van der Waals surface area (Å²) in [7, 11) is 0. The van der Waals surface area contributed by atoms with Crippen LogP contribution in [0.15, 0.2) is 47.7 Å². The molecule has 0 aromatic heterocycles. The zero-order chi connectivity index (χ0) is 16.3. The second kappa shape index (κ2) is 5.91. The van der Waals surface area contributed by atoms with E-state index in [1.54, 1.807) is 0 Å². The molecule has 0 saturated heterocycles. The SMILES string of the molecule is N#Cc1cccc(N2NCC=C(C(F)(F)F)C=C2C(=O)O)c1. The first-order chi connectivity index (χ1) is 10.3. The van der Waals surface area contributed by atoms with Crippen molar-refractivity contribution >= 4 is 11.7 Å². The van der Waals surface area contributed by atoms with Crippen LogP contribution in [0, 0.1) is 11.3 Å². The molecule has 114 valence electrons. The maximum atomic E-state index is 12.8. The molecule has 0 fully saturated rings. The fourth-order valence-electron chi connectivity index (χ4n) is 1.90. The molecule has 1 aliphatic rings. The van der Waals surface area contributed by atoms with Crippen molar-refractivity contribution < 1.29 is 23.1 Å². The van der Waals surface area contributed by atoms with Gasteiger partial charge in [0.1, 0.15) is 5.70 Å². The summed E-state index contributed by atoms with van der Waals surface area (Å²) in [6.07, 6.45) is -3.23. The molecule has 1 heterocycles. The van der Waals surface area contributed by atoms with Gasteiger partial charge in [0.15, 0.2) is 0 Å². The highest BCUT2D eigenvalue weighted by atomic mass is 19.4. The highest BCUT2D eigenvalue weighted by molar-refractivity contribution is 5.91. The summed E-state index contributed by atoms with van der Waals surface area (Å²) in [5, 5.41) is 19.1. The third-order valence-electron chi connectivity index (χ3n) is 2.88. The summed E-state index contributed by atoms with van der Waals surface area (Å²) in [6, 6.07) is 7.77. The average molecular weight is 309 g/mol. The lowest BCUT2D eigenvalue weighted by molar-refractivity contribution is -0.132. The van der Waals surface area contributed by atoms with Gasteiger partial charge in [-0.2, -0.15) is 18.4 Å². The molecule has 1 aliphatic heterocycles. The number of nitriles is 1. The molecule has 0 amide bonds. The summed E-state index contributed by atoms with van der Waals surface area (Å²) in [5.74, 6) is -1.52. The van der Waals surface area contributed by atoms with Crippen molar-refractivity contribution in [1.29, 1.82) is 5.26 Å². The fourth-order valence-corrected chi connectivity index (χ4v) is 1.90. The lowest BCUT2D eigenvalue weighted by Crippen LogP contribution is -2.39. The van der Waals surface area contributed by atoms with Crippen LogP contribution in [0.25, 0.3) is 0 Å². The number of carboxylic acid groups (broad SMARTS) is 1. The molecule has 1 aromatic carbocycles. The van der Waals surface area contributed by atoms with Crippen molar-refractivity contribution in [2.45, 2.75) is 6.18 Å². The summed E-state index contributed by atoms with van der Waals surface area (Å²) >= 11 is 0. The minimum absolute atomic E-state index is 0.209. The van der Waals surface area contributed by atoms with Gasteiger partial charge in [0.05, 0.1) is 22.9 Å². The Morgan fingerprint density at radius 1 is 1.41 bits per heavy atom. The topological polar surface area (TPSA) is 76.4 Å². The quantitative estimate of drug-likeness (QED) is 0.877. The lowest BCUT2D eigenvalue weighted by Gasteiger charge is -2.24. The predicted octanol–water partition coefficient (Wildman–Crippen LogP) is 2.34. The Hall–Kier alpha value is -2.79. The van der Waals surface area contributed by atoms with Gasteiger partial charge in [-0.25, -0.2) is 10.2 Å². The van der Waals surface area contributed by atoms with Crippen molar-refractivity contribution in [3.8, 4) is 6.07 Å². The number of hydrogen-bond acceptors (Lipinski definition) is 4. The number of allylic oxidation sites excluding steroid dienone is 2. The van der Waals surface area contributed by atoms with Crippen LogP contribution in [0.2, 0.25) is 0 Å². The molecule has 1 aromatic rings. The fraction of sp³-hybridized carbons (Fsp3) is 0.143. The van der Waals surface area contributed by atoms with Crippen LogP contribution in [0.5, 0.6) is 0 Å².